The summed E-state index contributed by atoms with van der Waals surface area (Å²) in [5, 5.41) is 39.6. The summed E-state index contributed by atoms with van der Waals surface area (Å²) in [6.07, 6.45) is 10.3. The van der Waals surface area contributed by atoms with E-state index in [-0.39, 0.29) is 17.0 Å². The Bertz CT molecular complexity index is 2350. The molecule has 0 aliphatic heterocycles. The quantitative estimate of drug-likeness (QED) is 0.0861. The summed E-state index contributed by atoms with van der Waals surface area (Å²) in [5.41, 5.74) is 5.29. The van der Waals surface area contributed by atoms with Gasteiger partial charge in [-0.2, -0.15) is 0 Å². The highest BCUT2D eigenvalue weighted by atomic mass is 16.3. The van der Waals surface area contributed by atoms with Gasteiger partial charge >= 0.3 is 0 Å². The van der Waals surface area contributed by atoms with E-state index < -0.39 is 5.75 Å². The predicted molar refractivity (Wildman–Crippen MR) is 181 cm³/mol. The second kappa shape index (κ2) is 9.96. The molecule has 5 heteroatoms. The molecule has 0 fully saturated rings. The number of hydrogen-bond donors (Lipinski definition) is 3. The Morgan fingerprint density at radius 3 is 1.86 bits per heavy atom. The Morgan fingerprint density at radius 2 is 1.16 bits per heavy atom. The van der Waals surface area contributed by atoms with Crippen molar-refractivity contribution in [2.24, 2.45) is 0 Å². The molecule has 0 saturated carbocycles. The van der Waals surface area contributed by atoms with Crippen molar-refractivity contribution < 1.29 is 19.7 Å². The number of furan rings is 1. The molecule has 1 aromatic heterocycles. The van der Waals surface area contributed by atoms with E-state index in [1.807, 2.05) is 85.0 Å². The number of hydrogen-bond acceptors (Lipinski definition) is 4. The number of aromatic hydroxyl groups is 3. The van der Waals surface area contributed by atoms with Gasteiger partial charge < -0.3 is 19.7 Å². The van der Waals surface area contributed by atoms with Crippen LogP contribution < -0.4 is 5.46 Å². The van der Waals surface area contributed by atoms with Gasteiger partial charge in [0.05, 0.1) is 0 Å². The first-order valence-electron chi connectivity index (χ1n) is 14.5. The van der Waals surface area contributed by atoms with Crippen molar-refractivity contribution >= 4 is 62.4 Å². The normalized spacial score (nSPS) is 13.2. The van der Waals surface area contributed by atoms with Crippen molar-refractivity contribution in [3.8, 4) is 39.5 Å². The van der Waals surface area contributed by atoms with Gasteiger partial charge in [-0.05, 0) is 45.1 Å². The molecule has 1 aliphatic rings. The summed E-state index contributed by atoms with van der Waals surface area (Å²) in [6.45, 7) is 0. The number of phenols is 3. The van der Waals surface area contributed by atoms with Gasteiger partial charge in [-0.3, -0.25) is 0 Å². The second-order valence-electron chi connectivity index (χ2n) is 11.0. The van der Waals surface area contributed by atoms with Crippen LogP contribution >= 0.6 is 0 Å². The third kappa shape index (κ3) is 3.72. The first kappa shape index (κ1) is 26.0. The molecule has 0 unspecified atom stereocenters. The molecule has 0 atom stereocenters. The minimum atomic E-state index is -0.550. The van der Waals surface area contributed by atoms with Crippen LogP contribution in [0.1, 0.15) is 12.0 Å². The zero-order valence-corrected chi connectivity index (χ0v) is 23.6. The highest BCUT2D eigenvalue weighted by Crippen LogP contribution is 2.52. The average molecular weight is 568 g/mol. The second-order valence-corrected chi connectivity index (χ2v) is 11.0. The Hall–Kier alpha value is -5.68. The van der Waals surface area contributed by atoms with Crippen LogP contribution in [0.15, 0.2) is 126 Å². The van der Waals surface area contributed by atoms with Gasteiger partial charge in [0.1, 0.15) is 24.8 Å². The maximum Gasteiger partial charge on any atom is 0.165 e. The molecule has 6 aromatic carbocycles. The van der Waals surface area contributed by atoms with Crippen molar-refractivity contribution in [1.29, 1.82) is 0 Å². The standard InChI is InChI=1S/C39H25BO4/c40-35-36(41)34(31(37(42)38(35)43)22-12-3-1-2-4-13-22)33-26-17-7-5-15-24(26)32(25-16-6-8-18-27(25)33)29-20-11-19-28-23-14-9-10-21-30(23)44-39(28)29/h1,3-21,41-43H,2H2. The van der Waals surface area contributed by atoms with E-state index in [4.69, 9.17) is 12.3 Å². The summed E-state index contributed by atoms with van der Waals surface area (Å²) in [6, 6.07) is 30.3. The van der Waals surface area contributed by atoms with Crippen LogP contribution in [0.3, 0.4) is 0 Å². The third-order valence-corrected chi connectivity index (χ3v) is 8.58. The van der Waals surface area contributed by atoms with E-state index in [9.17, 15) is 15.3 Å². The zero-order valence-electron chi connectivity index (χ0n) is 23.6. The van der Waals surface area contributed by atoms with Crippen molar-refractivity contribution in [2.45, 2.75) is 6.42 Å². The minimum Gasteiger partial charge on any atom is -0.508 e. The van der Waals surface area contributed by atoms with Crippen LogP contribution in [0.5, 0.6) is 17.2 Å². The van der Waals surface area contributed by atoms with Crippen LogP contribution in [-0.4, -0.2) is 23.2 Å². The molecule has 44 heavy (non-hydrogen) atoms. The fourth-order valence-corrected chi connectivity index (χ4v) is 6.63. The van der Waals surface area contributed by atoms with Crippen LogP contribution in [0, 0.1) is 0 Å². The highest BCUT2D eigenvalue weighted by molar-refractivity contribution is 6.38. The number of benzene rings is 6. The van der Waals surface area contributed by atoms with Gasteiger partial charge in [0.15, 0.2) is 11.5 Å². The predicted octanol–water partition coefficient (Wildman–Crippen LogP) is 9.04. The van der Waals surface area contributed by atoms with Crippen LogP contribution in [0.2, 0.25) is 0 Å². The summed E-state index contributed by atoms with van der Waals surface area (Å²) >= 11 is 0. The largest absolute Gasteiger partial charge is 0.508 e. The average Bonchev–Trinajstić information content (AvgIpc) is 3.23. The molecule has 2 radical (unpaired) electrons. The maximum absolute atomic E-state index is 11.7. The van der Waals surface area contributed by atoms with E-state index in [0.717, 1.165) is 61.0 Å². The van der Waals surface area contributed by atoms with Crippen LogP contribution in [-0.2, 0) is 0 Å². The Morgan fingerprint density at radius 1 is 0.545 bits per heavy atom. The molecule has 1 aliphatic carbocycles. The summed E-state index contributed by atoms with van der Waals surface area (Å²) < 4.78 is 6.49. The first-order chi connectivity index (χ1) is 21.5. The number of fused-ring (bicyclic) bond motifs is 5. The van der Waals surface area contributed by atoms with E-state index in [1.165, 1.54) is 0 Å². The van der Waals surface area contributed by atoms with E-state index in [0.29, 0.717) is 22.3 Å². The fourth-order valence-electron chi connectivity index (χ4n) is 6.63. The topological polar surface area (TPSA) is 73.8 Å². The van der Waals surface area contributed by atoms with Gasteiger partial charge in [0.25, 0.3) is 0 Å². The molecule has 0 bridgehead atoms. The molecule has 208 valence electrons. The van der Waals surface area contributed by atoms with Gasteiger partial charge in [0, 0.05) is 38.6 Å². The molecular formula is C39H25BO4. The van der Waals surface area contributed by atoms with Gasteiger partial charge in [-0.25, -0.2) is 0 Å². The molecule has 4 nitrogen and oxygen atoms in total. The number of phenolic OH excluding ortho intramolecular Hbond substituents is 3. The molecule has 3 N–H and O–H groups in total. The molecule has 0 amide bonds. The van der Waals surface area contributed by atoms with Gasteiger partial charge in [0.2, 0.25) is 0 Å². The summed E-state index contributed by atoms with van der Waals surface area (Å²) in [5.74, 6) is -1.23. The lowest BCUT2D eigenvalue weighted by Crippen LogP contribution is -2.08. The Balaban J connectivity index is 1.56. The first-order valence-corrected chi connectivity index (χ1v) is 14.5. The molecule has 7 aromatic rings. The highest BCUT2D eigenvalue weighted by Gasteiger charge is 2.28. The molecular weight excluding hydrogens is 543 g/mol. The van der Waals surface area contributed by atoms with Crippen molar-refractivity contribution in [1.82, 2.24) is 0 Å². The summed E-state index contributed by atoms with van der Waals surface area (Å²) in [4.78, 5) is 0. The summed E-state index contributed by atoms with van der Waals surface area (Å²) in [7, 11) is 6.23. The smallest absolute Gasteiger partial charge is 0.165 e. The minimum absolute atomic E-state index is 0.278. The number of rotatable bonds is 3. The van der Waals surface area contributed by atoms with Crippen molar-refractivity contribution in [3.05, 3.63) is 127 Å². The van der Waals surface area contributed by atoms with Crippen molar-refractivity contribution in [3.63, 3.8) is 0 Å². The molecule has 0 saturated heterocycles. The SMILES string of the molecule is [B]c1c(O)c(O)c(C2=CC=CCC=C2)c(-c2c3ccccc3c(-c3cccc4c3oc3ccccc34)c3ccccc23)c1O. The maximum atomic E-state index is 11.7. The lowest BCUT2D eigenvalue weighted by Gasteiger charge is -2.23. The monoisotopic (exact) mass is 568 g/mol. The van der Waals surface area contributed by atoms with Crippen LogP contribution in [0.25, 0.3) is 71.3 Å². The Kier molecular flexibility index (Phi) is 5.88. The van der Waals surface area contributed by atoms with E-state index in [1.54, 1.807) is 0 Å². The molecule has 8 rings (SSSR count). The van der Waals surface area contributed by atoms with E-state index in [2.05, 4.69) is 36.4 Å². The van der Waals surface area contributed by atoms with E-state index >= 15 is 0 Å². The van der Waals surface area contributed by atoms with Gasteiger partial charge in [-0.15, -0.1) is 0 Å². The van der Waals surface area contributed by atoms with Crippen molar-refractivity contribution in [2.75, 3.05) is 0 Å². The number of para-hydroxylation sites is 2. The number of allylic oxidation sites excluding steroid dienone is 6. The fraction of sp³-hybridized carbons (Fsp3) is 0.0256. The lowest BCUT2D eigenvalue weighted by molar-refractivity contribution is 0.400. The third-order valence-electron chi connectivity index (χ3n) is 8.58. The molecule has 1 heterocycles. The van der Waals surface area contributed by atoms with Crippen LogP contribution in [0.4, 0.5) is 0 Å². The Labute approximate surface area is 254 Å². The van der Waals surface area contributed by atoms with Gasteiger partial charge in [-0.1, -0.05) is 115 Å². The zero-order chi connectivity index (χ0) is 29.9. The molecule has 0 spiro atoms. The lowest BCUT2D eigenvalue weighted by atomic mass is 9.79.